The number of hydrogen-bond acceptors (Lipinski definition) is 6. The van der Waals surface area contributed by atoms with Gasteiger partial charge in [0.15, 0.2) is 5.82 Å². The van der Waals surface area contributed by atoms with Crippen LogP contribution < -0.4 is 9.80 Å². The lowest BCUT2D eigenvalue weighted by Crippen LogP contribution is -2.58. The van der Waals surface area contributed by atoms with Crippen LogP contribution in [0.3, 0.4) is 0 Å². The Kier molecular flexibility index (Phi) is 6.67. The molecule has 0 radical (unpaired) electrons. The first kappa shape index (κ1) is 26.5. The van der Waals surface area contributed by atoms with Crippen molar-refractivity contribution in [3.8, 4) is 11.1 Å². The van der Waals surface area contributed by atoms with Gasteiger partial charge in [-0.3, -0.25) is 4.79 Å². The molecule has 1 unspecified atom stereocenters. The summed E-state index contributed by atoms with van der Waals surface area (Å²) in [6.07, 6.45) is 1.35. The van der Waals surface area contributed by atoms with Crippen LogP contribution in [-0.2, 0) is 4.79 Å². The average molecular weight is 562 g/mol. The van der Waals surface area contributed by atoms with Crippen molar-refractivity contribution in [3.05, 3.63) is 59.5 Å². The highest BCUT2D eigenvalue weighted by molar-refractivity contribution is 6.35. The zero-order valence-electron chi connectivity index (χ0n) is 23.2. The van der Waals surface area contributed by atoms with Gasteiger partial charge in [0.1, 0.15) is 11.3 Å². The maximum atomic E-state index is 16.7. The predicted molar refractivity (Wildman–Crippen MR) is 160 cm³/mol. The molecule has 2 aromatic heterocycles. The van der Waals surface area contributed by atoms with Crippen LogP contribution >= 0.6 is 11.6 Å². The van der Waals surface area contributed by atoms with Crippen LogP contribution in [0.15, 0.2) is 43.0 Å². The number of aryl methyl sites for hydroxylation is 1. The Hall–Kier alpha value is -3.69. The van der Waals surface area contributed by atoms with E-state index in [0.717, 1.165) is 35.2 Å². The van der Waals surface area contributed by atoms with Crippen molar-refractivity contribution in [3.63, 3.8) is 0 Å². The van der Waals surface area contributed by atoms with Crippen LogP contribution in [0.2, 0.25) is 5.02 Å². The lowest BCUT2D eigenvalue weighted by atomic mass is 9.99. The first-order valence-electron chi connectivity index (χ1n) is 13.5. The number of nitrogens with one attached hydrogen (secondary N) is 1. The summed E-state index contributed by atoms with van der Waals surface area (Å²) in [5, 5.41) is 1.77. The van der Waals surface area contributed by atoms with Crippen molar-refractivity contribution in [2.45, 2.75) is 25.9 Å². The van der Waals surface area contributed by atoms with Gasteiger partial charge in [0, 0.05) is 77.9 Å². The second-order valence-electron chi connectivity index (χ2n) is 11.0. The van der Waals surface area contributed by atoms with Crippen LogP contribution in [0, 0.1) is 12.7 Å². The van der Waals surface area contributed by atoms with E-state index in [1.807, 2.05) is 38.1 Å². The highest BCUT2D eigenvalue weighted by Gasteiger charge is 2.34. The summed E-state index contributed by atoms with van der Waals surface area (Å²) < 4.78 is 16.7. The zero-order chi connectivity index (χ0) is 28.3. The topological polar surface area (TPSA) is 71.6 Å². The summed E-state index contributed by atoms with van der Waals surface area (Å²) in [7, 11) is 4.11. The number of nitrogens with zero attached hydrogens (tertiary/aromatic N) is 6. The number of piperazine rings is 1. The van der Waals surface area contributed by atoms with E-state index in [-0.39, 0.29) is 17.5 Å². The van der Waals surface area contributed by atoms with E-state index in [2.05, 4.69) is 40.4 Å². The number of likely N-dealkylation sites (N-methyl/N-ethyl adjacent to an activating group) is 1. The van der Waals surface area contributed by atoms with E-state index in [1.165, 1.54) is 6.08 Å². The van der Waals surface area contributed by atoms with Crippen molar-refractivity contribution in [2.24, 2.45) is 0 Å². The van der Waals surface area contributed by atoms with Gasteiger partial charge in [-0.2, -0.15) is 4.98 Å². The van der Waals surface area contributed by atoms with Crippen molar-refractivity contribution in [2.75, 3.05) is 56.6 Å². The Morgan fingerprint density at radius 1 is 1.12 bits per heavy atom. The predicted octanol–water partition coefficient (Wildman–Crippen LogP) is 4.85. The molecule has 2 fully saturated rings. The summed E-state index contributed by atoms with van der Waals surface area (Å²) >= 11 is 6.88. The SMILES string of the molecule is C=CC(=O)N1CCN(c2nc(N3CC(N(C)C)C3)nc3c(F)c(-c4c(C)[nH]c5ccccc45)c(Cl)cc23)CC1C. The number of aromatic amines is 1. The molecule has 1 amide bonds. The third kappa shape index (κ3) is 4.28. The highest BCUT2D eigenvalue weighted by Crippen LogP contribution is 2.43. The molecule has 4 heterocycles. The molecule has 1 atom stereocenters. The van der Waals surface area contributed by atoms with Gasteiger partial charge in [-0.25, -0.2) is 9.37 Å². The fourth-order valence-corrected chi connectivity index (χ4v) is 6.21. The maximum Gasteiger partial charge on any atom is 0.246 e. The number of aromatic nitrogens is 3. The smallest absolute Gasteiger partial charge is 0.246 e. The average Bonchev–Trinajstić information content (AvgIpc) is 3.22. The summed E-state index contributed by atoms with van der Waals surface area (Å²) in [5.74, 6) is 0.580. The van der Waals surface area contributed by atoms with Crippen molar-refractivity contribution in [1.82, 2.24) is 24.8 Å². The molecule has 1 N–H and O–H groups in total. The minimum atomic E-state index is -0.460. The Bertz CT molecular complexity index is 1640. The molecule has 40 heavy (non-hydrogen) atoms. The molecule has 8 nitrogen and oxygen atoms in total. The third-order valence-electron chi connectivity index (χ3n) is 8.25. The fourth-order valence-electron chi connectivity index (χ4n) is 5.92. The Morgan fingerprint density at radius 2 is 1.88 bits per heavy atom. The first-order chi connectivity index (χ1) is 19.2. The van der Waals surface area contributed by atoms with Crippen molar-refractivity contribution in [1.29, 1.82) is 0 Å². The molecule has 2 aliphatic heterocycles. The van der Waals surface area contributed by atoms with Crippen LogP contribution in [0.4, 0.5) is 16.2 Å². The van der Waals surface area contributed by atoms with Crippen LogP contribution in [0.5, 0.6) is 0 Å². The normalized spacial score (nSPS) is 18.2. The molecule has 0 spiro atoms. The van der Waals surface area contributed by atoms with E-state index in [9.17, 15) is 4.79 Å². The number of hydrogen-bond donors (Lipinski definition) is 1. The number of rotatable bonds is 5. The Morgan fingerprint density at radius 3 is 2.58 bits per heavy atom. The summed E-state index contributed by atoms with van der Waals surface area (Å²) in [5.41, 5.74) is 3.08. The lowest BCUT2D eigenvalue weighted by molar-refractivity contribution is -0.128. The quantitative estimate of drug-likeness (QED) is 0.351. The van der Waals surface area contributed by atoms with Gasteiger partial charge in [-0.15, -0.1) is 0 Å². The molecule has 208 valence electrons. The fraction of sp³-hybridized carbons (Fsp3) is 0.367. The first-order valence-corrected chi connectivity index (χ1v) is 13.9. The van der Waals surface area contributed by atoms with Gasteiger partial charge in [-0.05, 0) is 46.2 Å². The standard InChI is InChI=1S/C30H33ClFN7O/c1-6-24(40)39-12-11-37(14-17(39)2)29-21-13-22(31)26(25-18(3)33-23-10-8-7-9-20(23)25)27(32)28(21)34-30(35-29)38-15-19(16-38)36(4)5/h6-10,13,17,19,33H,1,11-12,14-16H2,2-5H3. The minimum Gasteiger partial charge on any atom is -0.358 e. The molecule has 2 aliphatic rings. The monoisotopic (exact) mass is 561 g/mol. The number of benzene rings is 2. The van der Waals surface area contributed by atoms with Gasteiger partial charge in [0.05, 0.1) is 5.02 Å². The molecule has 2 saturated heterocycles. The van der Waals surface area contributed by atoms with E-state index >= 15 is 4.39 Å². The van der Waals surface area contributed by atoms with E-state index in [1.54, 1.807) is 11.0 Å². The highest BCUT2D eigenvalue weighted by atomic mass is 35.5. The Labute approximate surface area is 238 Å². The molecule has 4 aromatic rings. The third-order valence-corrected chi connectivity index (χ3v) is 8.55. The van der Waals surface area contributed by atoms with Gasteiger partial charge < -0.3 is 24.6 Å². The van der Waals surface area contributed by atoms with Crippen molar-refractivity contribution >= 4 is 51.1 Å². The Balaban J connectivity index is 1.51. The van der Waals surface area contributed by atoms with Gasteiger partial charge in [0.25, 0.3) is 0 Å². The number of H-pyrrole nitrogens is 1. The summed E-state index contributed by atoms with van der Waals surface area (Å²) in [4.78, 5) is 33.6. The van der Waals surface area contributed by atoms with Gasteiger partial charge in [-0.1, -0.05) is 36.4 Å². The zero-order valence-corrected chi connectivity index (χ0v) is 24.0. The van der Waals surface area contributed by atoms with Crippen LogP contribution in [0.1, 0.15) is 12.6 Å². The van der Waals surface area contributed by atoms with Crippen LogP contribution in [-0.4, -0.2) is 89.6 Å². The van der Waals surface area contributed by atoms with E-state index < -0.39 is 5.82 Å². The lowest BCUT2D eigenvalue weighted by Gasteiger charge is -2.43. The molecule has 0 bridgehead atoms. The van der Waals surface area contributed by atoms with Gasteiger partial charge in [0.2, 0.25) is 11.9 Å². The molecule has 10 heteroatoms. The number of para-hydroxylation sites is 1. The molecular weight excluding hydrogens is 529 g/mol. The molecule has 6 rings (SSSR count). The van der Waals surface area contributed by atoms with Crippen molar-refractivity contribution < 1.29 is 9.18 Å². The van der Waals surface area contributed by atoms with Gasteiger partial charge >= 0.3 is 0 Å². The number of anilines is 2. The second-order valence-corrected chi connectivity index (χ2v) is 11.4. The molecule has 2 aromatic carbocycles. The minimum absolute atomic E-state index is 0.0664. The maximum absolute atomic E-state index is 16.7. The number of halogens is 2. The van der Waals surface area contributed by atoms with E-state index in [4.69, 9.17) is 21.6 Å². The second kappa shape index (κ2) is 10.1. The number of fused-ring (bicyclic) bond motifs is 2. The van der Waals surface area contributed by atoms with Crippen LogP contribution in [0.25, 0.3) is 32.9 Å². The molecule has 0 saturated carbocycles. The summed E-state index contributed by atoms with van der Waals surface area (Å²) in [6.45, 7) is 10.7. The molecule has 0 aliphatic carbocycles. The molecular formula is C30H33ClFN7O. The largest absolute Gasteiger partial charge is 0.358 e. The number of carbonyl (C=O) groups excluding carboxylic acids is 1. The van der Waals surface area contributed by atoms with E-state index in [0.29, 0.717) is 53.4 Å². The summed E-state index contributed by atoms with van der Waals surface area (Å²) in [6, 6.07) is 9.94. The number of carbonyl (C=O) groups is 1. The number of amides is 1.